The van der Waals surface area contributed by atoms with E-state index in [1.165, 1.54) is 103 Å². The fourth-order valence-corrected chi connectivity index (χ4v) is 6.82. The molecule has 0 aliphatic carbocycles. The average molecular weight is 813 g/mol. The minimum absolute atomic E-state index is 0.0277. The van der Waals surface area contributed by atoms with Gasteiger partial charge >= 0.3 is 19.8 Å². The number of carbonyl (C=O) groups excluding carboxylic acids is 2. The number of allylic oxidation sites excluding steroid dienone is 6. The van der Waals surface area contributed by atoms with Crippen molar-refractivity contribution in [2.45, 2.75) is 200 Å². The van der Waals surface area contributed by atoms with Crippen molar-refractivity contribution in [3.63, 3.8) is 0 Å². The number of hydrogen-bond donors (Lipinski definition) is 1. The first-order valence-electron chi connectivity index (χ1n) is 22.7. The van der Waals surface area contributed by atoms with E-state index in [1.54, 1.807) is 0 Å². The number of rotatable bonds is 41. The van der Waals surface area contributed by atoms with Crippen molar-refractivity contribution < 1.29 is 42.1 Å². The second-order valence-electron chi connectivity index (χ2n) is 16.4. The summed E-state index contributed by atoms with van der Waals surface area (Å²) in [5.41, 5.74) is 0. The summed E-state index contributed by atoms with van der Waals surface area (Å²) in [7, 11) is 1.46. The minimum Gasteiger partial charge on any atom is -0.462 e. The summed E-state index contributed by atoms with van der Waals surface area (Å²) in [5, 5.41) is 0. The standard InChI is InChI=1S/C46H86NO8P/c1-6-8-10-12-14-16-18-20-22-23-25-27-29-31-33-35-37-39-46(49)55-44(43-54-56(50,51)53-41-40-47(3,4)5)42-52-45(48)38-36-34-32-30-28-26-24-21-19-17-15-13-11-9-7-2/h14,16,20,22,25,27,44H,6-13,15,17-19,21,23-24,26,28-43H2,1-5H3/p+1/b16-14-,22-20-,27-25-/t44-/m1/s1. The molecule has 0 aromatic rings. The molecule has 0 radical (unpaired) electrons. The lowest BCUT2D eigenvalue weighted by molar-refractivity contribution is -0.870. The molecule has 0 aliphatic heterocycles. The predicted molar refractivity (Wildman–Crippen MR) is 234 cm³/mol. The molecule has 9 nitrogen and oxygen atoms in total. The molecule has 0 heterocycles. The van der Waals surface area contributed by atoms with E-state index in [9.17, 15) is 19.0 Å². The normalized spacial score (nSPS) is 13.9. The van der Waals surface area contributed by atoms with Gasteiger partial charge in [-0.05, 0) is 51.4 Å². The molecule has 1 unspecified atom stereocenters. The van der Waals surface area contributed by atoms with E-state index < -0.39 is 26.5 Å². The second kappa shape index (κ2) is 38.7. The van der Waals surface area contributed by atoms with Crippen molar-refractivity contribution >= 4 is 19.8 Å². The van der Waals surface area contributed by atoms with Crippen LogP contribution in [0.2, 0.25) is 0 Å². The molecule has 0 amide bonds. The number of phosphoric acid groups is 1. The van der Waals surface area contributed by atoms with Crippen LogP contribution in [0.4, 0.5) is 0 Å². The SMILES string of the molecule is CCCCC/C=C\C/C=C\C/C=C\CCCCCCC(=O)O[C@H](COC(=O)CCCCCCCCCCCCCCCCC)COP(=O)(O)OCC[N+](C)(C)C. The quantitative estimate of drug-likeness (QED) is 0.0214. The summed E-state index contributed by atoms with van der Waals surface area (Å²) in [6.07, 6.45) is 43.3. The molecular weight excluding hydrogens is 725 g/mol. The molecular formula is C46H87NO8P+. The first-order valence-corrected chi connectivity index (χ1v) is 24.2. The van der Waals surface area contributed by atoms with Gasteiger partial charge in [-0.15, -0.1) is 0 Å². The zero-order chi connectivity index (χ0) is 41.4. The number of phosphoric ester groups is 1. The van der Waals surface area contributed by atoms with Crippen LogP contribution in [0.25, 0.3) is 0 Å². The Morgan fingerprint density at radius 2 is 0.964 bits per heavy atom. The van der Waals surface area contributed by atoms with Crippen LogP contribution in [0.15, 0.2) is 36.5 Å². The van der Waals surface area contributed by atoms with Crippen LogP contribution in [0.1, 0.15) is 194 Å². The van der Waals surface area contributed by atoms with Gasteiger partial charge in [-0.3, -0.25) is 18.6 Å². The predicted octanol–water partition coefficient (Wildman–Crippen LogP) is 12.9. The lowest BCUT2D eigenvalue weighted by Crippen LogP contribution is -2.37. The number of esters is 2. The molecule has 0 aliphatic rings. The maximum Gasteiger partial charge on any atom is 0.472 e. The highest BCUT2D eigenvalue weighted by molar-refractivity contribution is 7.47. The van der Waals surface area contributed by atoms with Crippen LogP contribution in [0.3, 0.4) is 0 Å². The minimum atomic E-state index is -4.38. The molecule has 0 bridgehead atoms. The maximum absolute atomic E-state index is 12.7. The van der Waals surface area contributed by atoms with Crippen molar-refractivity contribution in [1.29, 1.82) is 0 Å². The van der Waals surface area contributed by atoms with Crippen LogP contribution in [-0.2, 0) is 32.7 Å². The Balaban J connectivity index is 4.38. The first-order chi connectivity index (χ1) is 27.0. The van der Waals surface area contributed by atoms with Gasteiger partial charge < -0.3 is 18.9 Å². The molecule has 0 saturated heterocycles. The van der Waals surface area contributed by atoms with E-state index in [1.807, 2.05) is 21.1 Å². The number of likely N-dealkylation sites (N-methyl/N-ethyl adjacent to an activating group) is 1. The Hall–Kier alpha value is -1.77. The molecule has 56 heavy (non-hydrogen) atoms. The van der Waals surface area contributed by atoms with Gasteiger partial charge in [-0.2, -0.15) is 0 Å². The van der Waals surface area contributed by atoms with Crippen molar-refractivity contribution in [2.24, 2.45) is 0 Å². The monoisotopic (exact) mass is 813 g/mol. The van der Waals surface area contributed by atoms with Gasteiger partial charge in [0, 0.05) is 12.8 Å². The molecule has 0 rings (SSSR count). The third-order valence-corrected chi connectivity index (χ3v) is 10.7. The molecule has 0 aromatic carbocycles. The van der Waals surface area contributed by atoms with Crippen LogP contribution in [0, 0.1) is 0 Å². The van der Waals surface area contributed by atoms with Gasteiger partial charge in [-0.1, -0.05) is 166 Å². The Kier molecular flexibility index (Phi) is 37.5. The van der Waals surface area contributed by atoms with Gasteiger partial charge in [0.25, 0.3) is 0 Å². The molecule has 2 atom stereocenters. The van der Waals surface area contributed by atoms with Crippen LogP contribution >= 0.6 is 7.82 Å². The highest BCUT2D eigenvalue weighted by atomic mass is 31.2. The summed E-state index contributed by atoms with van der Waals surface area (Å²) < 4.78 is 34.3. The molecule has 0 fully saturated rings. The summed E-state index contributed by atoms with van der Waals surface area (Å²) in [5.74, 6) is -0.819. The van der Waals surface area contributed by atoms with Crippen molar-refractivity contribution in [1.82, 2.24) is 0 Å². The maximum atomic E-state index is 12.7. The average Bonchev–Trinajstić information content (AvgIpc) is 3.15. The second-order valence-corrected chi connectivity index (χ2v) is 17.9. The van der Waals surface area contributed by atoms with Gasteiger partial charge in [-0.25, -0.2) is 4.57 Å². The Labute approximate surface area is 344 Å². The molecule has 1 N–H and O–H groups in total. The largest absolute Gasteiger partial charge is 0.472 e. The Morgan fingerprint density at radius 3 is 1.46 bits per heavy atom. The van der Waals surface area contributed by atoms with Crippen LogP contribution < -0.4 is 0 Å². The lowest BCUT2D eigenvalue weighted by atomic mass is 10.0. The zero-order valence-corrected chi connectivity index (χ0v) is 37.8. The van der Waals surface area contributed by atoms with E-state index in [0.29, 0.717) is 17.4 Å². The highest BCUT2D eigenvalue weighted by Gasteiger charge is 2.27. The van der Waals surface area contributed by atoms with Crippen molar-refractivity contribution in [3.8, 4) is 0 Å². The summed E-state index contributed by atoms with van der Waals surface area (Å²) in [6.45, 7) is 4.38. The number of hydrogen-bond acceptors (Lipinski definition) is 7. The summed E-state index contributed by atoms with van der Waals surface area (Å²) in [6, 6.07) is 0. The van der Waals surface area contributed by atoms with Crippen molar-refractivity contribution in [2.75, 3.05) is 47.5 Å². The molecule has 0 spiro atoms. The van der Waals surface area contributed by atoms with Crippen LogP contribution in [0.5, 0.6) is 0 Å². The zero-order valence-electron chi connectivity index (χ0n) is 36.9. The number of ether oxygens (including phenoxy) is 2. The summed E-state index contributed by atoms with van der Waals surface area (Å²) in [4.78, 5) is 35.4. The van der Waals surface area contributed by atoms with Crippen LogP contribution in [-0.4, -0.2) is 74.9 Å². The van der Waals surface area contributed by atoms with E-state index in [2.05, 4.69) is 50.3 Å². The number of quaternary nitrogens is 1. The summed E-state index contributed by atoms with van der Waals surface area (Å²) >= 11 is 0. The molecule has 0 saturated carbocycles. The fraction of sp³-hybridized carbons (Fsp3) is 0.826. The molecule has 0 aromatic heterocycles. The van der Waals surface area contributed by atoms with E-state index in [4.69, 9.17) is 18.5 Å². The number of nitrogens with zero attached hydrogens (tertiary/aromatic N) is 1. The highest BCUT2D eigenvalue weighted by Crippen LogP contribution is 2.43. The number of unbranched alkanes of at least 4 members (excludes halogenated alkanes) is 21. The fourth-order valence-electron chi connectivity index (χ4n) is 6.08. The van der Waals surface area contributed by atoms with E-state index >= 15 is 0 Å². The first kappa shape index (κ1) is 54.2. The molecule has 10 heteroatoms. The Morgan fingerprint density at radius 1 is 0.554 bits per heavy atom. The van der Waals surface area contributed by atoms with Gasteiger partial charge in [0.15, 0.2) is 6.10 Å². The van der Waals surface area contributed by atoms with Gasteiger partial charge in [0.05, 0.1) is 27.7 Å². The topological polar surface area (TPSA) is 108 Å². The van der Waals surface area contributed by atoms with E-state index in [-0.39, 0.29) is 32.0 Å². The smallest absolute Gasteiger partial charge is 0.462 e. The third-order valence-electron chi connectivity index (χ3n) is 9.67. The van der Waals surface area contributed by atoms with Crippen molar-refractivity contribution in [3.05, 3.63) is 36.5 Å². The van der Waals surface area contributed by atoms with Gasteiger partial charge in [0.1, 0.15) is 19.8 Å². The Bertz CT molecular complexity index is 1050. The molecule has 328 valence electrons. The number of carbonyl (C=O) groups is 2. The lowest BCUT2D eigenvalue weighted by Gasteiger charge is -2.24. The van der Waals surface area contributed by atoms with E-state index in [0.717, 1.165) is 57.8 Å². The third kappa shape index (κ3) is 41.9. The van der Waals surface area contributed by atoms with Gasteiger partial charge in [0.2, 0.25) is 0 Å².